The van der Waals surface area contributed by atoms with Crippen LogP contribution in [0, 0.1) is 12.7 Å². The second-order valence-electron chi connectivity index (χ2n) is 6.65. The van der Waals surface area contributed by atoms with Crippen LogP contribution in [0.4, 0.5) is 4.39 Å². The number of hydrogen-bond acceptors (Lipinski definition) is 3. The monoisotopic (exact) mass is 420 g/mol. The number of carbonyl (C=O) groups is 1. The molecule has 1 heterocycles. The first kappa shape index (κ1) is 20.3. The number of carbonyl (C=O) groups excluding carboxylic acids is 1. The molecule has 0 bridgehead atoms. The summed E-state index contributed by atoms with van der Waals surface area (Å²) in [5, 5.41) is 5.23. The Labute approximate surface area is 172 Å². The lowest BCUT2D eigenvalue weighted by molar-refractivity contribution is 0.0677. The Morgan fingerprint density at radius 3 is 2.43 bits per heavy atom. The fourth-order valence-electron chi connectivity index (χ4n) is 2.76. The summed E-state index contributed by atoms with van der Waals surface area (Å²) in [5.41, 5.74) is 1.48. The maximum atomic E-state index is 13.2. The smallest absolute Gasteiger partial charge is 0.294 e. The highest BCUT2D eigenvalue weighted by Gasteiger charge is 2.24. The van der Waals surface area contributed by atoms with Gasteiger partial charge in [-0.15, -0.1) is 5.10 Å². The first-order valence-corrected chi connectivity index (χ1v) is 9.46. The fourth-order valence-corrected chi connectivity index (χ4v) is 3.08. The fraction of sp³-hybridized carbons (Fsp3) is 0.250. The van der Waals surface area contributed by atoms with Crippen LogP contribution in [0.15, 0.2) is 42.5 Å². The zero-order valence-electron chi connectivity index (χ0n) is 15.7. The number of rotatable bonds is 5. The molecule has 3 rings (SSSR count). The lowest BCUT2D eigenvalue weighted by Crippen LogP contribution is -2.37. The molecule has 0 fully saturated rings. The van der Waals surface area contributed by atoms with Gasteiger partial charge >= 0.3 is 0 Å². The van der Waals surface area contributed by atoms with Gasteiger partial charge < -0.3 is 4.90 Å². The summed E-state index contributed by atoms with van der Waals surface area (Å²) in [7, 11) is 0. The third kappa shape index (κ3) is 4.34. The highest BCUT2D eigenvalue weighted by atomic mass is 35.5. The van der Waals surface area contributed by atoms with E-state index < -0.39 is 0 Å². The molecule has 0 unspecified atom stereocenters. The average Bonchev–Trinajstić information content (AvgIpc) is 3.04. The van der Waals surface area contributed by atoms with Gasteiger partial charge in [0.05, 0.1) is 15.7 Å². The van der Waals surface area contributed by atoms with Gasteiger partial charge in [-0.1, -0.05) is 29.3 Å². The van der Waals surface area contributed by atoms with E-state index >= 15 is 0 Å². The minimum absolute atomic E-state index is 0.0792. The summed E-state index contributed by atoms with van der Waals surface area (Å²) in [6, 6.07) is 11.0. The molecule has 0 aliphatic carbocycles. The van der Waals surface area contributed by atoms with E-state index in [4.69, 9.17) is 23.2 Å². The third-order valence-corrected chi connectivity index (χ3v) is 4.99. The average molecular weight is 421 g/mol. The number of benzene rings is 2. The second-order valence-corrected chi connectivity index (χ2v) is 7.46. The highest BCUT2D eigenvalue weighted by molar-refractivity contribution is 6.42. The Morgan fingerprint density at radius 1 is 1.14 bits per heavy atom. The van der Waals surface area contributed by atoms with Crippen LogP contribution in [-0.4, -0.2) is 31.6 Å². The molecule has 28 heavy (non-hydrogen) atoms. The Morgan fingerprint density at radius 2 is 1.82 bits per heavy atom. The minimum Gasteiger partial charge on any atom is -0.329 e. The largest absolute Gasteiger partial charge is 0.329 e. The molecule has 1 amide bonds. The molecule has 8 heteroatoms. The van der Waals surface area contributed by atoms with E-state index in [0.717, 1.165) is 5.56 Å². The molecule has 3 aromatic rings. The van der Waals surface area contributed by atoms with Gasteiger partial charge in [-0.25, -0.2) is 14.1 Å². The van der Waals surface area contributed by atoms with Gasteiger partial charge in [0.25, 0.3) is 5.91 Å². The van der Waals surface area contributed by atoms with Crippen molar-refractivity contribution in [1.29, 1.82) is 0 Å². The molecule has 0 radical (unpaired) electrons. The van der Waals surface area contributed by atoms with E-state index in [1.165, 1.54) is 16.8 Å². The van der Waals surface area contributed by atoms with E-state index in [-0.39, 0.29) is 23.6 Å². The van der Waals surface area contributed by atoms with Crippen LogP contribution in [0.5, 0.6) is 0 Å². The third-order valence-electron chi connectivity index (χ3n) is 4.25. The summed E-state index contributed by atoms with van der Waals surface area (Å²) >= 11 is 12.1. The summed E-state index contributed by atoms with van der Waals surface area (Å²) < 4.78 is 14.7. The van der Waals surface area contributed by atoms with Gasteiger partial charge in [0, 0.05) is 12.6 Å². The van der Waals surface area contributed by atoms with Crippen LogP contribution >= 0.6 is 23.2 Å². The van der Waals surface area contributed by atoms with Crippen molar-refractivity contribution < 1.29 is 9.18 Å². The van der Waals surface area contributed by atoms with Crippen molar-refractivity contribution in [2.45, 2.75) is 33.4 Å². The van der Waals surface area contributed by atoms with Gasteiger partial charge in [0.1, 0.15) is 11.6 Å². The van der Waals surface area contributed by atoms with Crippen LogP contribution in [0.3, 0.4) is 0 Å². The molecular weight excluding hydrogens is 402 g/mol. The number of aromatic nitrogens is 3. The summed E-state index contributed by atoms with van der Waals surface area (Å²) in [4.78, 5) is 19.0. The van der Waals surface area contributed by atoms with Gasteiger partial charge in [-0.3, -0.25) is 4.79 Å². The Bertz CT molecular complexity index is 1000. The molecule has 0 saturated carbocycles. The van der Waals surface area contributed by atoms with Gasteiger partial charge in [-0.05, 0) is 62.7 Å². The molecule has 0 aliphatic heterocycles. The topological polar surface area (TPSA) is 51.0 Å². The van der Waals surface area contributed by atoms with Gasteiger partial charge in [0.2, 0.25) is 5.82 Å². The number of amides is 1. The van der Waals surface area contributed by atoms with E-state index in [0.29, 0.717) is 28.1 Å². The van der Waals surface area contributed by atoms with Crippen molar-refractivity contribution in [3.63, 3.8) is 0 Å². The molecule has 0 N–H and O–H groups in total. The van der Waals surface area contributed by atoms with Crippen molar-refractivity contribution in [3.8, 4) is 5.69 Å². The molecule has 146 valence electrons. The Hall–Kier alpha value is -2.44. The second kappa shape index (κ2) is 8.29. The van der Waals surface area contributed by atoms with Crippen LogP contribution in [-0.2, 0) is 6.54 Å². The van der Waals surface area contributed by atoms with Crippen molar-refractivity contribution in [3.05, 3.63) is 75.5 Å². The maximum absolute atomic E-state index is 13.2. The SMILES string of the molecule is Cc1nc(C(=O)N(Cc2ccc(Cl)c(Cl)c2)C(C)C)nn1-c1ccc(F)cc1. The van der Waals surface area contributed by atoms with Crippen molar-refractivity contribution in [1.82, 2.24) is 19.7 Å². The van der Waals surface area contributed by atoms with Crippen molar-refractivity contribution >= 4 is 29.1 Å². The number of aryl methyl sites for hydroxylation is 1. The molecule has 0 aliphatic rings. The molecular formula is C20H19Cl2FN4O. The number of halogens is 3. The lowest BCUT2D eigenvalue weighted by atomic mass is 10.2. The summed E-state index contributed by atoms with van der Waals surface area (Å²) in [5.74, 6) is -0.0285. The van der Waals surface area contributed by atoms with Crippen LogP contribution < -0.4 is 0 Å². The molecule has 0 saturated heterocycles. The number of nitrogens with zero attached hydrogens (tertiary/aromatic N) is 4. The standard InChI is InChI=1S/C20H19Cl2FN4O/c1-12(2)26(11-14-4-9-17(21)18(22)10-14)20(28)19-24-13(3)27(25-19)16-7-5-15(23)6-8-16/h4-10,12H,11H2,1-3H3. The quantitative estimate of drug-likeness (QED) is 0.578. The first-order chi connectivity index (χ1) is 13.3. The zero-order chi connectivity index (χ0) is 20.4. The van der Waals surface area contributed by atoms with Gasteiger partial charge in [-0.2, -0.15) is 0 Å². The molecule has 1 aromatic heterocycles. The van der Waals surface area contributed by atoms with E-state index in [1.807, 2.05) is 19.9 Å². The van der Waals surface area contributed by atoms with Crippen molar-refractivity contribution in [2.75, 3.05) is 0 Å². The highest BCUT2D eigenvalue weighted by Crippen LogP contribution is 2.24. The molecule has 0 spiro atoms. The van der Waals surface area contributed by atoms with Crippen LogP contribution in [0.2, 0.25) is 10.0 Å². The molecule has 5 nitrogen and oxygen atoms in total. The summed E-state index contributed by atoms with van der Waals surface area (Å²) in [6.07, 6.45) is 0. The van der Waals surface area contributed by atoms with Crippen LogP contribution in [0.25, 0.3) is 5.69 Å². The predicted molar refractivity (Wildman–Crippen MR) is 108 cm³/mol. The van der Waals surface area contributed by atoms with E-state index in [9.17, 15) is 9.18 Å². The van der Waals surface area contributed by atoms with Crippen LogP contribution in [0.1, 0.15) is 35.9 Å². The van der Waals surface area contributed by atoms with E-state index in [2.05, 4.69) is 10.1 Å². The number of hydrogen-bond donors (Lipinski definition) is 0. The molecule has 2 aromatic carbocycles. The lowest BCUT2D eigenvalue weighted by Gasteiger charge is -2.25. The Balaban J connectivity index is 1.88. The van der Waals surface area contributed by atoms with E-state index in [1.54, 1.807) is 36.1 Å². The Kier molecular flexibility index (Phi) is 6.01. The van der Waals surface area contributed by atoms with Crippen molar-refractivity contribution in [2.24, 2.45) is 0 Å². The summed E-state index contributed by atoms with van der Waals surface area (Å²) in [6.45, 7) is 5.92. The molecule has 0 atom stereocenters. The predicted octanol–water partition coefficient (Wildman–Crippen LogP) is 5.07. The maximum Gasteiger partial charge on any atom is 0.294 e. The first-order valence-electron chi connectivity index (χ1n) is 8.70. The van der Waals surface area contributed by atoms with Gasteiger partial charge in [0.15, 0.2) is 0 Å². The zero-order valence-corrected chi connectivity index (χ0v) is 17.2. The normalized spacial score (nSPS) is 11.1. The minimum atomic E-state index is -0.342.